The number of nitro groups is 1. The molecule has 86 valence electrons. The van der Waals surface area contributed by atoms with E-state index in [1.54, 1.807) is 6.07 Å². The largest absolute Gasteiger partial charge is 0.383 e. The molecule has 5 heteroatoms. The van der Waals surface area contributed by atoms with Gasteiger partial charge in [-0.15, -0.1) is 0 Å². The van der Waals surface area contributed by atoms with Crippen LogP contribution in [-0.2, 0) is 0 Å². The van der Waals surface area contributed by atoms with Crippen molar-refractivity contribution in [3.05, 3.63) is 34.4 Å². The number of nitrogens with two attached hydrogens (primary N) is 1. The molecule has 1 aliphatic carbocycles. The fourth-order valence-corrected chi connectivity index (χ4v) is 1.66. The van der Waals surface area contributed by atoms with E-state index in [1.807, 2.05) is 6.07 Å². The minimum Gasteiger partial charge on any atom is -0.383 e. The van der Waals surface area contributed by atoms with Crippen LogP contribution in [0.1, 0.15) is 12.8 Å². The van der Waals surface area contributed by atoms with Crippen molar-refractivity contribution < 1.29 is 4.92 Å². The maximum atomic E-state index is 10.6. The van der Waals surface area contributed by atoms with Gasteiger partial charge < -0.3 is 11.1 Å². The zero-order valence-electron chi connectivity index (χ0n) is 8.93. The maximum Gasteiger partial charge on any atom is 0.271 e. The van der Waals surface area contributed by atoms with Gasteiger partial charge in [-0.2, -0.15) is 0 Å². The summed E-state index contributed by atoms with van der Waals surface area (Å²) in [5.41, 5.74) is 6.79. The van der Waals surface area contributed by atoms with E-state index in [1.165, 1.54) is 25.0 Å². The first-order chi connectivity index (χ1) is 7.66. The quantitative estimate of drug-likeness (QED) is 0.586. The minimum atomic E-state index is -0.397. The second-order valence-corrected chi connectivity index (χ2v) is 4.19. The van der Waals surface area contributed by atoms with Crippen molar-refractivity contribution in [2.45, 2.75) is 18.9 Å². The molecule has 0 aliphatic heterocycles. The number of nitrogens with one attached hydrogen (secondary N) is 1. The molecular formula is C11H15N3O2. The van der Waals surface area contributed by atoms with E-state index in [-0.39, 0.29) is 11.7 Å². The van der Waals surface area contributed by atoms with Gasteiger partial charge in [0.15, 0.2) is 0 Å². The molecule has 2 rings (SSSR count). The normalized spacial score (nSPS) is 16.8. The van der Waals surface area contributed by atoms with Crippen LogP contribution in [0.4, 0.5) is 11.4 Å². The molecule has 1 saturated carbocycles. The highest BCUT2D eigenvalue weighted by molar-refractivity contribution is 5.51. The van der Waals surface area contributed by atoms with E-state index < -0.39 is 4.92 Å². The number of hydrogen-bond donors (Lipinski definition) is 2. The van der Waals surface area contributed by atoms with E-state index in [2.05, 4.69) is 5.32 Å². The molecular weight excluding hydrogens is 206 g/mol. The summed E-state index contributed by atoms with van der Waals surface area (Å²) >= 11 is 0. The molecule has 1 fully saturated rings. The molecule has 1 aromatic rings. The Hall–Kier alpha value is -1.62. The lowest BCUT2D eigenvalue weighted by Gasteiger charge is -2.12. The molecule has 1 atom stereocenters. The molecule has 0 amide bonds. The number of nitrogens with zero attached hydrogens (tertiary/aromatic N) is 1. The molecule has 0 bridgehead atoms. The van der Waals surface area contributed by atoms with Crippen molar-refractivity contribution in [1.29, 1.82) is 0 Å². The Kier molecular flexibility index (Phi) is 3.05. The average Bonchev–Trinajstić information content (AvgIpc) is 3.10. The predicted octanol–water partition coefficient (Wildman–Crippen LogP) is 1.74. The van der Waals surface area contributed by atoms with Crippen LogP contribution >= 0.6 is 0 Å². The monoisotopic (exact) mass is 221 g/mol. The predicted molar refractivity (Wildman–Crippen MR) is 62.3 cm³/mol. The number of rotatable bonds is 5. The van der Waals surface area contributed by atoms with Crippen molar-refractivity contribution in [3.63, 3.8) is 0 Å². The Morgan fingerprint density at radius 2 is 2.31 bits per heavy atom. The van der Waals surface area contributed by atoms with Gasteiger partial charge in [-0.25, -0.2) is 0 Å². The fourth-order valence-electron chi connectivity index (χ4n) is 1.66. The van der Waals surface area contributed by atoms with Gasteiger partial charge in [0.25, 0.3) is 5.69 Å². The summed E-state index contributed by atoms with van der Waals surface area (Å²) in [6, 6.07) is 6.64. The summed E-state index contributed by atoms with van der Waals surface area (Å²) in [5, 5.41) is 13.7. The van der Waals surface area contributed by atoms with Crippen LogP contribution in [0.3, 0.4) is 0 Å². The molecule has 0 heterocycles. The van der Waals surface area contributed by atoms with Crippen molar-refractivity contribution in [1.82, 2.24) is 0 Å². The third-order valence-electron chi connectivity index (χ3n) is 2.83. The first-order valence-electron chi connectivity index (χ1n) is 5.41. The maximum absolute atomic E-state index is 10.6. The van der Waals surface area contributed by atoms with Crippen molar-refractivity contribution >= 4 is 11.4 Å². The summed E-state index contributed by atoms with van der Waals surface area (Å²) in [7, 11) is 0. The highest BCUT2D eigenvalue weighted by Crippen LogP contribution is 2.31. The molecule has 0 spiro atoms. The smallest absolute Gasteiger partial charge is 0.271 e. The SMILES string of the molecule is NC(CNc1cccc([N+](=O)[O-])c1)C1CC1. The van der Waals surface area contributed by atoms with E-state index in [0.717, 1.165) is 5.69 Å². The zero-order chi connectivity index (χ0) is 11.5. The van der Waals surface area contributed by atoms with Crippen molar-refractivity contribution in [2.24, 2.45) is 11.7 Å². The molecule has 1 aliphatic rings. The summed E-state index contributed by atoms with van der Waals surface area (Å²) in [4.78, 5) is 10.2. The minimum absolute atomic E-state index is 0.102. The molecule has 0 saturated heterocycles. The number of benzene rings is 1. The Labute approximate surface area is 93.8 Å². The summed E-state index contributed by atoms with van der Waals surface area (Å²) < 4.78 is 0. The molecule has 5 nitrogen and oxygen atoms in total. The average molecular weight is 221 g/mol. The molecule has 1 unspecified atom stereocenters. The van der Waals surface area contributed by atoms with Gasteiger partial charge in [-0.1, -0.05) is 6.07 Å². The van der Waals surface area contributed by atoms with Crippen LogP contribution in [0.5, 0.6) is 0 Å². The van der Waals surface area contributed by atoms with Gasteiger partial charge in [-0.05, 0) is 24.8 Å². The Morgan fingerprint density at radius 3 is 2.94 bits per heavy atom. The molecule has 1 aromatic carbocycles. The van der Waals surface area contributed by atoms with Crippen molar-refractivity contribution in [2.75, 3.05) is 11.9 Å². The van der Waals surface area contributed by atoms with Crippen LogP contribution in [0, 0.1) is 16.0 Å². The third kappa shape index (κ3) is 2.70. The topological polar surface area (TPSA) is 81.2 Å². The number of nitro benzene ring substituents is 1. The van der Waals surface area contributed by atoms with Gasteiger partial charge >= 0.3 is 0 Å². The molecule has 0 aromatic heterocycles. The summed E-state index contributed by atoms with van der Waals surface area (Å²) in [6.45, 7) is 0.672. The van der Waals surface area contributed by atoms with Crippen LogP contribution in [0.2, 0.25) is 0 Å². The Balaban J connectivity index is 1.92. The summed E-state index contributed by atoms with van der Waals surface area (Å²) in [6.07, 6.45) is 2.41. The fraction of sp³-hybridized carbons (Fsp3) is 0.455. The van der Waals surface area contributed by atoms with E-state index in [0.29, 0.717) is 12.5 Å². The highest BCUT2D eigenvalue weighted by Gasteiger charge is 2.28. The second-order valence-electron chi connectivity index (χ2n) is 4.19. The van der Waals surface area contributed by atoms with Gasteiger partial charge in [0, 0.05) is 30.4 Å². The van der Waals surface area contributed by atoms with Gasteiger partial charge in [0.1, 0.15) is 0 Å². The van der Waals surface area contributed by atoms with E-state index >= 15 is 0 Å². The van der Waals surface area contributed by atoms with Crippen molar-refractivity contribution in [3.8, 4) is 0 Å². The third-order valence-corrected chi connectivity index (χ3v) is 2.83. The number of hydrogen-bond acceptors (Lipinski definition) is 4. The first-order valence-corrected chi connectivity index (χ1v) is 5.41. The lowest BCUT2D eigenvalue weighted by Crippen LogP contribution is -2.31. The van der Waals surface area contributed by atoms with Crippen LogP contribution < -0.4 is 11.1 Å². The first kappa shape index (κ1) is 10.9. The highest BCUT2D eigenvalue weighted by atomic mass is 16.6. The van der Waals surface area contributed by atoms with Crippen LogP contribution in [0.15, 0.2) is 24.3 Å². The number of non-ortho nitro benzene ring substituents is 1. The lowest BCUT2D eigenvalue weighted by atomic mass is 10.2. The Bertz CT molecular complexity index is 391. The molecule has 0 radical (unpaired) electrons. The van der Waals surface area contributed by atoms with Gasteiger partial charge in [0.05, 0.1) is 4.92 Å². The number of anilines is 1. The van der Waals surface area contributed by atoms with Crippen LogP contribution in [-0.4, -0.2) is 17.5 Å². The standard InChI is InChI=1S/C11H15N3O2/c12-11(8-4-5-8)7-13-9-2-1-3-10(6-9)14(15)16/h1-3,6,8,11,13H,4-5,7,12H2. The lowest BCUT2D eigenvalue weighted by molar-refractivity contribution is -0.384. The van der Waals surface area contributed by atoms with Gasteiger partial charge in [-0.3, -0.25) is 10.1 Å². The second kappa shape index (κ2) is 4.49. The van der Waals surface area contributed by atoms with Crippen LogP contribution in [0.25, 0.3) is 0 Å². The summed E-state index contributed by atoms with van der Waals surface area (Å²) in [5.74, 6) is 0.631. The van der Waals surface area contributed by atoms with E-state index in [4.69, 9.17) is 5.73 Å². The van der Waals surface area contributed by atoms with Gasteiger partial charge in [0.2, 0.25) is 0 Å². The zero-order valence-corrected chi connectivity index (χ0v) is 8.93. The molecule has 3 N–H and O–H groups in total. The van der Waals surface area contributed by atoms with E-state index in [9.17, 15) is 10.1 Å². The molecule has 16 heavy (non-hydrogen) atoms. The Morgan fingerprint density at radius 1 is 1.56 bits per heavy atom.